The van der Waals surface area contributed by atoms with E-state index in [2.05, 4.69) is 24.1 Å². The molecule has 0 aliphatic carbocycles. The number of phenolic OH excluding ortho intramolecular Hbond substituents is 2. The first-order valence-corrected chi connectivity index (χ1v) is 12.1. The van der Waals surface area contributed by atoms with Crippen LogP contribution in [-0.2, 0) is 17.6 Å². The summed E-state index contributed by atoms with van der Waals surface area (Å²) in [6, 6.07) is 10.8. The van der Waals surface area contributed by atoms with Crippen molar-refractivity contribution in [3.05, 3.63) is 57.2 Å². The van der Waals surface area contributed by atoms with Crippen molar-refractivity contribution < 1.29 is 14.9 Å². The van der Waals surface area contributed by atoms with Crippen LogP contribution >= 0.6 is 23.7 Å². The average molecular weight is 495 g/mol. The molecule has 0 saturated carbocycles. The minimum Gasteiger partial charge on any atom is -0.508 e. The maximum atomic E-state index is 11.6. The second-order valence-electron chi connectivity index (χ2n) is 9.04. The van der Waals surface area contributed by atoms with E-state index in [9.17, 15) is 15.0 Å². The van der Waals surface area contributed by atoms with E-state index < -0.39 is 0 Å². The fourth-order valence-electron chi connectivity index (χ4n) is 3.77. The lowest BCUT2D eigenvalue weighted by atomic mass is 9.87. The van der Waals surface area contributed by atoms with Crippen molar-refractivity contribution in [2.24, 2.45) is 5.41 Å². The third kappa shape index (κ3) is 8.66. The molecule has 0 aliphatic heterocycles. The zero-order valence-electron chi connectivity index (χ0n) is 19.4. The van der Waals surface area contributed by atoms with Gasteiger partial charge in [0.15, 0.2) is 0 Å². The van der Waals surface area contributed by atoms with Crippen LogP contribution in [0, 0.1) is 5.41 Å². The summed E-state index contributed by atoms with van der Waals surface area (Å²) in [7, 11) is 0. The van der Waals surface area contributed by atoms with E-state index >= 15 is 0 Å². The Labute approximate surface area is 205 Å². The van der Waals surface area contributed by atoms with Crippen LogP contribution in [0.25, 0.3) is 10.2 Å². The Kier molecular flexibility index (Phi) is 10.7. The Morgan fingerprint density at radius 2 is 1.79 bits per heavy atom. The molecule has 8 heteroatoms. The highest BCUT2D eigenvalue weighted by molar-refractivity contribution is 7.16. The molecule has 1 heterocycles. The maximum Gasteiger partial charge on any atom is 0.305 e. The zero-order valence-corrected chi connectivity index (χ0v) is 21.0. The molecule has 3 aromatic rings. The lowest BCUT2D eigenvalue weighted by Gasteiger charge is -2.25. The van der Waals surface area contributed by atoms with Crippen molar-refractivity contribution in [2.75, 3.05) is 26.3 Å². The normalized spacial score (nSPS) is 11.6. The Balaban J connectivity index is 0.00000385. The molecule has 33 heavy (non-hydrogen) atoms. The highest BCUT2D eigenvalue weighted by Crippen LogP contribution is 2.28. The molecule has 0 atom stereocenters. The van der Waals surface area contributed by atoms with E-state index in [0.29, 0.717) is 17.9 Å². The van der Waals surface area contributed by atoms with Crippen molar-refractivity contribution in [3.63, 3.8) is 0 Å². The number of aromatic amines is 1. The Hall–Kier alpha value is -2.06. The molecular formula is C25H35ClN2O4S. The summed E-state index contributed by atoms with van der Waals surface area (Å²) in [5.74, 6) is 0.420. The molecule has 6 nitrogen and oxygen atoms in total. The maximum absolute atomic E-state index is 11.6. The quantitative estimate of drug-likeness (QED) is 0.250. The number of hydrogen-bond acceptors (Lipinski definition) is 6. The first-order chi connectivity index (χ1) is 15.3. The molecule has 0 fully saturated rings. The molecule has 2 aromatic carbocycles. The number of unbranched alkanes of at least 4 members (excludes halogenated alkanes) is 1. The van der Waals surface area contributed by atoms with Crippen LogP contribution in [0.1, 0.15) is 44.2 Å². The predicted molar refractivity (Wildman–Crippen MR) is 138 cm³/mol. The number of fused-ring (bicyclic) bond motifs is 1. The molecule has 0 saturated heterocycles. The Morgan fingerprint density at radius 1 is 1.03 bits per heavy atom. The lowest BCUT2D eigenvalue weighted by Crippen LogP contribution is -2.30. The summed E-state index contributed by atoms with van der Waals surface area (Å²) in [6.45, 7) is 7.80. The van der Waals surface area contributed by atoms with Gasteiger partial charge in [0, 0.05) is 13.2 Å². The summed E-state index contributed by atoms with van der Waals surface area (Å²) in [5.41, 5.74) is 3.00. The highest BCUT2D eigenvalue weighted by Gasteiger charge is 2.17. The third-order valence-corrected chi connectivity index (χ3v) is 6.64. The van der Waals surface area contributed by atoms with Crippen LogP contribution in [0.4, 0.5) is 0 Å². The molecule has 3 rings (SSSR count). The van der Waals surface area contributed by atoms with E-state index in [1.807, 2.05) is 18.2 Å². The van der Waals surface area contributed by atoms with Gasteiger partial charge in [-0.15, -0.1) is 12.4 Å². The van der Waals surface area contributed by atoms with Crippen LogP contribution in [0.15, 0.2) is 41.2 Å². The second kappa shape index (κ2) is 13.0. The van der Waals surface area contributed by atoms with Gasteiger partial charge < -0.3 is 25.3 Å². The minimum atomic E-state index is -0.138. The largest absolute Gasteiger partial charge is 0.508 e. The van der Waals surface area contributed by atoms with Gasteiger partial charge in [0.25, 0.3) is 0 Å². The fourth-order valence-corrected chi connectivity index (χ4v) is 4.67. The smallest absolute Gasteiger partial charge is 0.305 e. The van der Waals surface area contributed by atoms with Gasteiger partial charge in [-0.3, -0.25) is 4.79 Å². The van der Waals surface area contributed by atoms with E-state index in [4.69, 9.17) is 4.74 Å². The van der Waals surface area contributed by atoms with Gasteiger partial charge in [-0.05, 0) is 67.0 Å². The SMILES string of the molecule is CC(C)(CCCCOCCc1ccc(O)cc1)CNCCc1ccc(O)c2[nH]c(=O)sc12.Cl. The number of halogens is 1. The number of rotatable bonds is 13. The van der Waals surface area contributed by atoms with Crippen molar-refractivity contribution in [1.82, 2.24) is 10.3 Å². The molecule has 0 amide bonds. The summed E-state index contributed by atoms with van der Waals surface area (Å²) >= 11 is 1.15. The molecule has 182 valence electrons. The van der Waals surface area contributed by atoms with Gasteiger partial charge in [-0.2, -0.15) is 0 Å². The van der Waals surface area contributed by atoms with Crippen LogP contribution in [-0.4, -0.2) is 41.5 Å². The van der Waals surface area contributed by atoms with Crippen molar-refractivity contribution >= 4 is 34.0 Å². The number of thiazole rings is 1. The predicted octanol–water partition coefficient (Wildman–Crippen LogP) is 5.01. The molecule has 0 radical (unpaired) electrons. The third-order valence-electron chi connectivity index (χ3n) is 5.68. The van der Waals surface area contributed by atoms with Gasteiger partial charge in [0.1, 0.15) is 17.0 Å². The van der Waals surface area contributed by atoms with Gasteiger partial charge in [0.05, 0.1) is 11.3 Å². The zero-order chi connectivity index (χ0) is 23.0. The second-order valence-corrected chi connectivity index (χ2v) is 10.0. The van der Waals surface area contributed by atoms with Gasteiger partial charge in [0.2, 0.25) is 0 Å². The first kappa shape index (κ1) is 27.2. The summed E-state index contributed by atoms with van der Waals surface area (Å²) < 4.78 is 6.60. The lowest BCUT2D eigenvalue weighted by molar-refractivity contribution is 0.129. The number of aromatic hydroxyl groups is 2. The van der Waals surface area contributed by atoms with Crippen molar-refractivity contribution in [2.45, 2.75) is 46.0 Å². The Bertz CT molecular complexity index is 1050. The summed E-state index contributed by atoms with van der Waals surface area (Å²) in [5, 5.41) is 22.8. The number of nitrogens with one attached hydrogen (secondary N) is 2. The van der Waals surface area contributed by atoms with Crippen LogP contribution < -0.4 is 10.2 Å². The number of hydrogen-bond donors (Lipinski definition) is 4. The molecule has 0 aliphatic rings. The van der Waals surface area contributed by atoms with E-state index in [1.54, 1.807) is 18.2 Å². The number of ether oxygens (including phenoxy) is 1. The highest BCUT2D eigenvalue weighted by atomic mass is 35.5. The molecular weight excluding hydrogens is 460 g/mol. The minimum absolute atomic E-state index is 0. The average Bonchev–Trinajstić information content (AvgIpc) is 3.16. The number of benzene rings is 2. The number of phenols is 2. The standard InChI is InChI=1S/C25H34N2O4S.ClH/c1-25(2,13-3-4-15-31-16-12-18-5-8-20(28)9-6-18)17-26-14-11-19-7-10-21(29)22-23(19)32-24(30)27-22;/h5-10,26,28-29H,3-4,11-17H2,1-2H3,(H,27,30);1H. The molecule has 4 N–H and O–H groups in total. The van der Waals surface area contributed by atoms with Crippen molar-refractivity contribution in [3.8, 4) is 11.5 Å². The van der Waals surface area contributed by atoms with Gasteiger partial charge in [-0.1, -0.05) is 49.8 Å². The van der Waals surface area contributed by atoms with Crippen molar-refractivity contribution in [1.29, 1.82) is 0 Å². The fraction of sp³-hybridized carbons (Fsp3) is 0.480. The molecule has 0 bridgehead atoms. The molecule has 1 aromatic heterocycles. The van der Waals surface area contributed by atoms with Crippen LogP contribution in [0.5, 0.6) is 11.5 Å². The summed E-state index contributed by atoms with van der Waals surface area (Å²) in [6.07, 6.45) is 4.99. The number of H-pyrrole nitrogens is 1. The topological polar surface area (TPSA) is 94.6 Å². The molecule has 0 unspecified atom stereocenters. The monoisotopic (exact) mass is 494 g/mol. The van der Waals surface area contributed by atoms with E-state index in [-0.39, 0.29) is 28.4 Å². The van der Waals surface area contributed by atoms with E-state index in [1.165, 1.54) is 5.56 Å². The van der Waals surface area contributed by atoms with Crippen LogP contribution in [0.3, 0.4) is 0 Å². The first-order valence-electron chi connectivity index (χ1n) is 11.2. The summed E-state index contributed by atoms with van der Waals surface area (Å²) in [4.78, 5) is 14.2. The van der Waals surface area contributed by atoms with Gasteiger partial charge in [-0.25, -0.2) is 0 Å². The number of aromatic nitrogens is 1. The van der Waals surface area contributed by atoms with Crippen LogP contribution in [0.2, 0.25) is 0 Å². The Morgan fingerprint density at radius 3 is 2.55 bits per heavy atom. The molecule has 0 spiro atoms. The van der Waals surface area contributed by atoms with E-state index in [0.717, 1.165) is 73.4 Å². The van der Waals surface area contributed by atoms with Gasteiger partial charge >= 0.3 is 4.87 Å².